The predicted molar refractivity (Wildman–Crippen MR) is 65.5 cm³/mol. The highest BCUT2D eigenvalue weighted by Gasteiger charge is 2.19. The first-order chi connectivity index (χ1) is 7.85. The summed E-state index contributed by atoms with van der Waals surface area (Å²) in [6.07, 6.45) is 2.30. The van der Waals surface area contributed by atoms with Gasteiger partial charge in [0.2, 0.25) is 0 Å². The Bertz CT molecular complexity index is 386. The molecule has 1 aromatic rings. The molecule has 1 aliphatic rings. The number of piperidine rings is 1. The van der Waals surface area contributed by atoms with Crippen molar-refractivity contribution in [2.24, 2.45) is 0 Å². The smallest absolute Gasteiger partial charge is 0.101 e. The lowest BCUT2D eigenvalue weighted by Gasteiger charge is -2.33. The first-order valence-corrected chi connectivity index (χ1v) is 5.76. The van der Waals surface area contributed by atoms with Gasteiger partial charge in [0.05, 0.1) is 11.3 Å². The van der Waals surface area contributed by atoms with Crippen LogP contribution in [-0.4, -0.2) is 26.2 Å². The Morgan fingerprint density at radius 3 is 2.62 bits per heavy atom. The van der Waals surface area contributed by atoms with E-state index >= 15 is 0 Å². The van der Waals surface area contributed by atoms with Crippen molar-refractivity contribution in [1.82, 2.24) is 5.32 Å². The van der Waals surface area contributed by atoms with Crippen molar-refractivity contribution in [2.75, 3.05) is 25.0 Å². The van der Waals surface area contributed by atoms with Gasteiger partial charge in [-0.15, -0.1) is 0 Å². The molecule has 0 spiro atoms. The maximum absolute atomic E-state index is 9.06. The number of nitriles is 1. The van der Waals surface area contributed by atoms with Crippen LogP contribution in [0.5, 0.6) is 0 Å². The molecule has 1 saturated heterocycles. The lowest BCUT2D eigenvalue weighted by Crippen LogP contribution is -2.41. The Hall–Kier alpha value is -1.53. The molecule has 84 valence electrons. The van der Waals surface area contributed by atoms with Crippen LogP contribution in [0.15, 0.2) is 24.3 Å². The molecule has 1 N–H and O–H groups in total. The number of hydrogen-bond acceptors (Lipinski definition) is 3. The van der Waals surface area contributed by atoms with Crippen molar-refractivity contribution in [2.45, 2.75) is 18.9 Å². The van der Waals surface area contributed by atoms with Crippen LogP contribution in [0.25, 0.3) is 0 Å². The number of nitrogens with zero attached hydrogens (tertiary/aromatic N) is 2. The highest BCUT2D eigenvalue weighted by molar-refractivity contribution is 5.59. The Labute approximate surface area is 96.7 Å². The second kappa shape index (κ2) is 5.00. The van der Waals surface area contributed by atoms with E-state index in [1.165, 1.54) is 0 Å². The Kier molecular flexibility index (Phi) is 3.43. The van der Waals surface area contributed by atoms with Crippen molar-refractivity contribution < 1.29 is 0 Å². The van der Waals surface area contributed by atoms with Crippen LogP contribution in [0, 0.1) is 11.3 Å². The van der Waals surface area contributed by atoms with Crippen LogP contribution in [0.3, 0.4) is 0 Å². The summed E-state index contributed by atoms with van der Waals surface area (Å²) in [6, 6.07) is 10.7. The SMILES string of the molecule is CNC1CCN(c2ccccc2C#N)CC1. The van der Waals surface area contributed by atoms with Gasteiger partial charge in [-0.1, -0.05) is 12.1 Å². The van der Waals surface area contributed by atoms with Gasteiger partial charge in [-0.05, 0) is 32.0 Å². The molecule has 0 aliphatic carbocycles. The molecule has 0 atom stereocenters. The molecule has 0 bridgehead atoms. The first-order valence-electron chi connectivity index (χ1n) is 5.76. The number of hydrogen-bond donors (Lipinski definition) is 1. The van der Waals surface area contributed by atoms with Crippen molar-refractivity contribution in [3.8, 4) is 6.07 Å². The number of benzene rings is 1. The third-order valence-electron chi connectivity index (χ3n) is 3.27. The molecule has 0 amide bonds. The highest BCUT2D eigenvalue weighted by Crippen LogP contribution is 2.23. The Morgan fingerprint density at radius 2 is 2.00 bits per heavy atom. The normalized spacial score (nSPS) is 17.1. The van der Waals surface area contributed by atoms with Crippen molar-refractivity contribution in [3.05, 3.63) is 29.8 Å². The highest BCUT2D eigenvalue weighted by atomic mass is 15.1. The Morgan fingerprint density at radius 1 is 1.31 bits per heavy atom. The van der Waals surface area contributed by atoms with E-state index < -0.39 is 0 Å². The summed E-state index contributed by atoms with van der Waals surface area (Å²) in [5.74, 6) is 0. The van der Waals surface area contributed by atoms with Gasteiger partial charge in [0.1, 0.15) is 6.07 Å². The Balaban J connectivity index is 2.11. The van der Waals surface area contributed by atoms with Gasteiger partial charge in [0.15, 0.2) is 0 Å². The summed E-state index contributed by atoms with van der Waals surface area (Å²) in [5.41, 5.74) is 1.87. The average Bonchev–Trinajstić information content (AvgIpc) is 2.39. The van der Waals surface area contributed by atoms with E-state index in [1.807, 2.05) is 31.3 Å². The maximum Gasteiger partial charge on any atom is 0.101 e. The second-order valence-electron chi connectivity index (χ2n) is 4.18. The zero-order valence-corrected chi connectivity index (χ0v) is 9.61. The van der Waals surface area contributed by atoms with Crippen LogP contribution >= 0.6 is 0 Å². The molecular formula is C13H17N3. The summed E-state index contributed by atoms with van der Waals surface area (Å²) in [5, 5.41) is 12.4. The third-order valence-corrected chi connectivity index (χ3v) is 3.27. The minimum atomic E-state index is 0.630. The fraction of sp³-hybridized carbons (Fsp3) is 0.462. The van der Waals surface area contributed by atoms with E-state index in [1.54, 1.807) is 0 Å². The van der Waals surface area contributed by atoms with Gasteiger partial charge in [-0.25, -0.2) is 0 Å². The van der Waals surface area contributed by atoms with Crippen molar-refractivity contribution >= 4 is 5.69 Å². The summed E-state index contributed by atoms with van der Waals surface area (Å²) >= 11 is 0. The molecule has 0 unspecified atom stereocenters. The van der Waals surface area contributed by atoms with Gasteiger partial charge >= 0.3 is 0 Å². The van der Waals surface area contributed by atoms with E-state index in [-0.39, 0.29) is 0 Å². The molecule has 3 nitrogen and oxygen atoms in total. The first kappa shape index (κ1) is 11.0. The fourth-order valence-corrected chi connectivity index (χ4v) is 2.25. The fourth-order valence-electron chi connectivity index (χ4n) is 2.25. The van der Waals surface area contributed by atoms with Gasteiger partial charge in [-0.3, -0.25) is 0 Å². The number of rotatable bonds is 2. The van der Waals surface area contributed by atoms with Gasteiger partial charge in [0.25, 0.3) is 0 Å². The lowest BCUT2D eigenvalue weighted by molar-refractivity contribution is 0.442. The summed E-state index contributed by atoms with van der Waals surface area (Å²) in [4.78, 5) is 2.31. The third kappa shape index (κ3) is 2.17. The molecule has 1 aromatic carbocycles. The molecule has 0 radical (unpaired) electrons. The number of para-hydroxylation sites is 1. The van der Waals surface area contributed by atoms with Crippen LogP contribution < -0.4 is 10.2 Å². The predicted octanol–water partition coefficient (Wildman–Crippen LogP) is 1.75. The zero-order valence-electron chi connectivity index (χ0n) is 9.61. The maximum atomic E-state index is 9.06. The monoisotopic (exact) mass is 215 g/mol. The summed E-state index contributed by atoms with van der Waals surface area (Å²) < 4.78 is 0. The molecule has 1 fully saturated rings. The topological polar surface area (TPSA) is 39.1 Å². The van der Waals surface area contributed by atoms with Gasteiger partial charge in [0, 0.05) is 19.1 Å². The minimum Gasteiger partial charge on any atom is -0.370 e. The van der Waals surface area contributed by atoms with Crippen LogP contribution in [0.2, 0.25) is 0 Å². The van der Waals surface area contributed by atoms with E-state index in [2.05, 4.69) is 16.3 Å². The van der Waals surface area contributed by atoms with E-state index in [4.69, 9.17) is 5.26 Å². The number of anilines is 1. The zero-order chi connectivity index (χ0) is 11.4. The summed E-state index contributed by atoms with van der Waals surface area (Å²) in [6.45, 7) is 2.06. The van der Waals surface area contributed by atoms with E-state index in [0.29, 0.717) is 6.04 Å². The molecule has 2 rings (SSSR count). The molecule has 0 aromatic heterocycles. The quantitative estimate of drug-likeness (QED) is 0.817. The average molecular weight is 215 g/mol. The van der Waals surface area contributed by atoms with Gasteiger partial charge in [-0.2, -0.15) is 5.26 Å². The van der Waals surface area contributed by atoms with E-state index in [9.17, 15) is 0 Å². The van der Waals surface area contributed by atoms with E-state index in [0.717, 1.165) is 37.2 Å². The molecular weight excluding hydrogens is 198 g/mol. The summed E-state index contributed by atoms with van der Waals surface area (Å²) in [7, 11) is 2.02. The molecule has 3 heteroatoms. The van der Waals surface area contributed by atoms with Crippen molar-refractivity contribution in [1.29, 1.82) is 5.26 Å². The van der Waals surface area contributed by atoms with Gasteiger partial charge < -0.3 is 10.2 Å². The van der Waals surface area contributed by atoms with Crippen LogP contribution in [0.4, 0.5) is 5.69 Å². The van der Waals surface area contributed by atoms with Crippen molar-refractivity contribution in [3.63, 3.8) is 0 Å². The standard InChI is InChI=1S/C13H17N3/c1-15-12-6-8-16(9-7-12)13-5-3-2-4-11(13)10-14/h2-5,12,15H,6-9H2,1H3. The minimum absolute atomic E-state index is 0.630. The second-order valence-corrected chi connectivity index (χ2v) is 4.18. The molecule has 1 heterocycles. The molecule has 16 heavy (non-hydrogen) atoms. The lowest BCUT2D eigenvalue weighted by atomic mass is 10.0. The largest absolute Gasteiger partial charge is 0.370 e. The number of nitrogens with one attached hydrogen (secondary N) is 1. The molecule has 1 aliphatic heterocycles. The van der Waals surface area contributed by atoms with Crippen LogP contribution in [-0.2, 0) is 0 Å². The van der Waals surface area contributed by atoms with Crippen LogP contribution in [0.1, 0.15) is 18.4 Å². The molecule has 0 saturated carbocycles.